The topological polar surface area (TPSA) is 0 Å². The second kappa shape index (κ2) is 16.5. The summed E-state index contributed by atoms with van der Waals surface area (Å²) in [4.78, 5) is 0. The Bertz CT molecular complexity index is 8.00. The van der Waals surface area contributed by atoms with Crippen LogP contribution >= 0.6 is 0 Å². The molecule has 3 radical (unpaired) electrons. The molecular weight excluding hydrogens is 246 g/mol. The monoisotopic (exact) mass is 245 g/mol. The fourth-order valence-electron chi connectivity index (χ4n) is 0. The molecule has 17 valence electrons. The second-order valence-corrected chi connectivity index (χ2v) is 0. The van der Waals surface area contributed by atoms with Crippen LogP contribution in [0.4, 0.5) is 0 Å². The van der Waals surface area contributed by atoms with E-state index in [0.29, 0.717) is 0 Å². The minimum Gasteiger partial charge on any atom is 0 e. The van der Waals surface area contributed by atoms with E-state index in [2.05, 4.69) is 0 Å². The standard InChI is InChI=1S/Co.Li.Y.Zr. The zero-order valence-corrected chi connectivity index (χ0v) is 8.75. The molecule has 0 aromatic carbocycles. The minimum atomic E-state index is 0. The van der Waals surface area contributed by atoms with Gasteiger partial charge in [-0.25, -0.2) is 0 Å². The summed E-state index contributed by atoms with van der Waals surface area (Å²) in [6, 6.07) is 0. The van der Waals surface area contributed by atoms with Gasteiger partial charge in [0.15, 0.2) is 0 Å². The van der Waals surface area contributed by atoms with Crippen LogP contribution in [0, 0.1) is 0 Å². The average Bonchev–Trinajstić information content (AvgIpc) is 0. The molecule has 0 fully saturated rings. The summed E-state index contributed by atoms with van der Waals surface area (Å²) in [7, 11) is 0. The van der Waals surface area contributed by atoms with Gasteiger partial charge in [0.2, 0.25) is 0 Å². The Morgan fingerprint density at radius 1 is 1.00 bits per heavy atom. The minimum absolute atomic E-state index is 0. The Morgan fingerprint density at radius 2 is 1.00 bits per heavy atom. The fraction of sp³-hybridized carbons (Fsp3) is 0. The normalized spacial score (nSPS) is 0. The van der Waals surface area contributed by atoms with E-state index in [0.717, 1.165) is 0 Å². The first kappa shape index (κ1) is 27.5. The molecule has 0 unspecified atom stereocenters. The van der Waals surface area contributed by atoms with Crippen LogP contribution in [0.2, 0.25) is 0 Å². The van der Waals surface area contributed by atoms with Gasteiger partial charge < -0.3 is 0 Å². The van der Waals surface area contributed by atoms with Crippen molar-refractivity contribution in [2.24, 2.45) is 0 Å². The van der Waals surface area contributed by atoms with Crippen molar-refractivity contribution in [1.82, 2.24) is 0 Å². The number of hydrogen-bond donors (Lipinski definition) is 0. The molecule has 0 aliphatic carbocycles. The maximum atomic E-state index is 0. The van der Waals surface area contributed by atoms with Gasteiger partial charge in [0, 0.05) is 94.6 Å². The van der Waals surface area contributed by atoms with E-state index >= 15 is 0 Å². The van der Waals surface area contributed by atoms with E-state index in [1.807, 2.05) is 0 Å². The summed E-state index contributed by atoms with van der Waals surface area (Å²) in [5.41, 5.74) is 0. The Labute approximate surface area is 92.6 Å². The molecule has 0 N–H and O–H groups in total. The van der Waals surface area contributed by atoms with Crippen molar-refractivity contribution >= 4 is 18.9 Å². The number of rotatable bonds is 0. The van der Waals surface area contributed by atoms with Crippen LogP contribution in [0.15, 0.2) is 0 Å². The molecule has 0 aliphatic rings. The fourth-order valence-corrected chi connectivity index (χ4v) is 0. The molecule has 0 saturated carbocycles. The van der Waals surface area contributed by atoms with Crippen molar-refractivity contribution < 1.29 is 75.7 Å². The Kier molecular flexibility index (Phi) is 114. The second-order valence-electron chi connectivity index (χ2n) is 0. The van der Waals surface area contributed by atoms with Crippen LogP contribution in [-0.4, -0.2) is 18.9 Å². The molecule has 0 aliphatic heterocycles. The van der Waals surface area contributed by atoms with E-state index in [-0.39, 0.29) is 94.6 Å². The quantitative estimate of drug-likeness (QED) is 0.511. The molecular formula is CoLiYZr. The van der Waals surface area contributed by atoms with Crippen LogP contribution < -0.4 is 0 Å². The average molecular weight is 246 g/mol. The molecule has 0 bridgehead atoms. The number of hydrogen-bond acceptors (Lipinski definition) is 0. The maximum absolute atomic E-state index is 0. The van der Waals surface area contributed by atoms with E-state index < -0.39 is 0 Å². The summed E-state index contributed by atoms with van der Waals surface area (Å²) < 4.78 is 0. The summed E-state index contributed by atoms with van der Waals surface area (Å²) in [5.74, 6) is 0. The third kappa shape index (κ3) is 8.92. The third-order valence-electron chi connectivity index (χ3n) is 0. The zero-order valence-electron chi connectivity index (χ0n) is 2.41. The van der Waals surface area contributed by atoms with Crippen molar-refractivity contribution in [3.8, 4) is 0 Å². The third-order valence-corrected chi connectivity index (χ3v) is 0. The van der Waals surface area contributed by atoms with E-state index in [9.17, 15) is 0 Å². The van der Waals surface area contributed by atoms with Gasteiger partial charge in [-0.3, -0.25) is 0 Å². The molecule has 0 amide bonds. The molecule has 0 spiro atoms. The van der Waals surface area contributed by atoms with Crippen molar-refractivity contribution in [2.75, 3.05) is 0 Å². The van der Waals surface area contributed by atoms with Crippen LogP contribution in [-0.2, 0) is 75.7 Å². The predicted molar refractivity (Wildman–Crippen MR) is 5.75 cm³/mol. The van der Waals surface area contributed by atoms with Gasteiger partial charge >= 0.3 is 0 Å². The van der Waals surface area contributed by atoms with Gasteiger partial charge in [0.05, 0.1) is 0 Å². The van der Waals surface area contributed by atoms with Gasteiger partial charge in [0.1, 0.15) is 0 Å². The first-order chi connectivity index (χ1) is 0. The first-order valence-electron chi connectivity index (χ1n) is 0. The van der Waals surface area contributed by atoms with Crippen molar-refractivity contribution in [2.45, 2.75) is 0 Å². The van der Waals surface area contributed by atoms with Crippen molar-refractivity contribution in [3.05, 3.63) is 0 Å². The molecule has 0 saturated heterocycles. The van der Waals surface area contributed by atoms with E-state index in [1.54, 1.807) is 0 Å². The molecule has 0 aromatic rings. The molecule has 0 aromatic heterocycles. The SMILES string of the molecule is [Co].[Li].[Y].[Zr]. The van der Waals surface area contributed by atoms with Crippen LogP contribution in [0.3, 0.4) is 0 Å². The first-order valence-corrected chi connectivity index (χ1v) is 0. The van der Waals surface area contributed by atoms with Crippen LogP contribution in [0.25, 0.3) is 0 Å². The molecule has 0 rings (SSSR count). The van der Waals surface area contributed by atoms with Crippen LogP contribution in [0.5, 0.6) is 0 Å². The summed E-state index contributed by atoms with van der Waals surface area (Å²) >= 11 is 0. The van der Waals surface area contributed by atoms with Gasteiger partial charge in [0.25, 0.3) is 0 Å². The smallest absolute Gasteiger partial charge is 0 e. The molecule has 4 heavy (non-hydrogen) atoms. The van der Waals surface area contributed by atoms with E-state index in [1.165, 1.54) is 0 Å². The maximum Gasteiger partial charge on any atom is 0 e. The Hall–Kier alpha value is 3.09. The molecule has 4 heteroatoms. The molecule has 0 heterocycles. The van der Waals surface area contributed by atoms with Gasteiger partial charge in [-0.2, -0.15) is 0 Å². The van der Waals surface area contributed by atoms with Gasteiger partial charge in [-0.1, -0.05) is 0 Å². The van der Waals surface area contributed by atoms with Crippen LogP contribution in [0.1, 0.15) is 0 Å². The van der Waals surface area contributed by atoms with Crippen molar-refractivity contribution in [3.63, 3.8) is 0 Å². The van der Waals surface area contributed by atoms with Crippen molar-refractivity contribution in [1.29, 1.82) is 0 Å². The van der Waals surface area contributed by atoms with Gasteiger partial charge in [-0.05, 0) is 0 Å². The van der Waals surface area contributed by atoms with E-state index in [4.69, 9.17) is 0 Å². The largest absolute Gasteiger partial charge is 0 e. The zero-order chi connectivity index (χ0) is 0. The molecule has 0 atom stereocenters. The summed E-state index contributed by atoms with van der Waals surface area (Å²) in [6.07, 6.45) is 0. The summed E-state index contributed by atoms with van der Waals surface area (Å²) in [5, 5.41) is 0. The molecule has 0 nitrogen and oxygen atoms in total. The Morgan fingerprint density at radius 3 is 1.00 bits per heavy atom. The van der Waals surface area contributed by atoms with Gasteiger partial charge in [-0.15, -0.1) is 0 Å². The Balaban J connectivity index is 0. The summed E-state index contributed by atoms with van der Waals surface area (Å²) in [6.45, 7) is 0. The predicted octanol–water partition coefficient (Wildman–Crippen LogP) is -0.388.